The van der Waals surface area contributed by atoms with E-state index in [4.69, 9.17) is 11.6 Å². The summed E-state index contributed by atoms with van der Waals surface area (Å²) >= 11 is 6.19. The molecule has 0 unspecified atom stereocenters. The fourth-order valence-corrected chi connectivity index (χ4v) is 2.96. The average molecular weight is 382 g/mol. The van der Waals surface area contributed by atoms with Gasteiger partial charge in [0.15, 0.2) is 0 Å². The number of rotatable bonds is 7. The SMILES string of the molecule is CCN(CC)c1ccc(Nc2nccc(Nc3ccc(C)c(Cl)c3)n2)cc1. The molecule has 0 bridgehead atoms. The maximum absolute atomic E-state index is 6.19. The highest BCUT2D eigenvalue weighted by molar-refractivity contribution is 6.31. The smallest absolute Gasteiger partial charge is 0.229 e. The third-order valence-corrected chi connectivity index (χ3v) is 4.76. The summed E-state index contributed by atoms with van der Waals surface area (Å²) in [6.45, 7) is 8.27. The molecule has 6 heteroatoms. The quantitative estimate of drug-likeness (QED) is 0.544. The van der Waals surface area contributed by atoms with Crippen molar-refractivity contribution >= 4 is 40.4 Å². The lowest BCUT2D eigenvalue weighted by Crippen LogP contribution is -2.21. The zero-order valence-corrected chi connectivity index (χ0v) is 16.6. The van der Waals surface area contributed by atoms with Crippen LogP contribution in [0.1, 0.15) is 19.4 Å². The Morgan fingerprint density at radius 3 is 2.30 bits per heavy atom. The summed E-state index contributed by atoms with van der Waals surface area (Å²) in [5.74, 6) is 1.24. The lowest BCUT2D eigenvalue weighted by molar-refractivity contribution is 0.866. The predicted molar refractivity (Wildman–Crippen MR) is 115 cm³/mol. The Bertz CT molecular complexity index is 891. The zero-order valence-electron chi connectivity index (χ0n) is 15.8. The number of aryl methyl sites for hydroxylation is 1. The molecular weight excluding hydrogens is 358 g/mol. The van der Waals surface area contributed by atoms with Crippen molar-refractivity contribution in [2.45, 2.75) is 20.8 Å². The van der Waals surface area contributed by atoms with E-state index in [-0.39, 0.29) is 0 Å². The van der Waals surface area contributed by atoms with Gasteiger partial charge in [0.2, 0.25) is 5.95 Å². The molecule has 2 N–H and O–H groups in total. The van der Waals surface area contributed by atoms with Crippen LogP contribution >= 0.6 is 11.6 Å². The van der Waals surface area contributed by atoms with Crippen LogP contribution in [0.25, 0.3) is 0 Å². The topological polar surface area (TPSA) is 53.1 Å². The predicted octanol–water partition coefficient (Wildman–Crippen LogP) is 5.77. The van der Waals surface area contributed by atoms with Crippen molar-refractivity contribution in [1.82, 2.24) is 9.97 Å². The number of halogens is 1. The zero-order chi connectivity index (χ0) is 19.2. The van der Waals surface area contributed by atoms with Crippen LogP contribution in [0.15, 0.2) is 54.7 Å². The third kappa shape index (κ3) is 4.89. The molecule has 1 heterocycles. The summed E-state index contributed by atoms with van der Waals surface area (Å²) in [6, 6.07) is 15.9. The molecule has 0 spiro atoms. The Labute approximate surface area is 165 Å². The second-order valence-corrected chi connectivity index (χ2v) is 6.61. The Balaban J connectivity index is 1.71. The van der Waals surface area contributed by atoms with E-state index < -0.39 is 0 Å². The molecule has 27 heavy (non-hydrogen) atoms. The third-order valence-electron chi connectivity index (χ3n) is 4.35. The van der Waals surface area contributed by atoms with E-state index in [1.807, 2.05) is 43.3 Å². The van der Waals surface area contributed by atoms with Gasteiger partial charge in [-0.1, -0.05) is 17.7 Å². The first-order chi connectivity index (χ1) is 13.1. The second kappa shape index (κ2) is 8.73. The summed E-state index contributed by atoms with van der Waals surface area (Å²) in [6.07, 6.45) is 1.72. The van der Waals surface area contributed by atoms with Crippen LogP contribution in [0.4, 0.5) is 28.8 Å². The Morgan fingerprint density at radius 2 is 1.63 bits per heavy atom. The molecular formula is C21H24ClN5. The first-order valence-corrected chi connectivity index (χ1v) is 9.45. The van der Waals surface area contributed by atoms with E-state index in [0.717, 1.165) is 35.1 Å². The molecule has 0 saturated carbocycles. The molecule has 3 rings (SSSR count). The van der Waals surface area contributed by atoms with Gasteiger partial charge >= 0.3 is 0 Å². The Kier molecular flexibility index (Phi) is 6.14. The lowest BCUT2D eigenvalue weighted by Gasteiger charge is -2.21. The van der Waals surface area contributed by atoms with Gasteiger partial charge in [-0.3, -0.25) is 0 Å². The summed E-state index contributed by atoms with van der Waals surface area (Å²) < 4.78 is 0. The molecule has 3 aromatic rings. The molecule has 2 aromatic carbocycles. The Morgan fingerprint density at radius 1 is 0.926 bits per heavy atom. The molecule has 0 radical (unpaired) electrons. The van der Waals surface area contributed by atoms with Gasteiger partial charge in [0, 0.05) is 41.4 Å². The van der Waals surface area contributed by atoms with Crippen LogP contribution in [0.2, 0.25) is 5.02 Å². The number of anilines is 5. The molecule has 0 atom stereocenters. The fraction of sp³-hybridized carbons (Fsp3) is 0.238. The summed E-state index contributed by atoms with van der Waals surface area (Å²) in [7, 11) is 0. The van der Waals surface area contributed by atoms with Gasteiger partial charge in [0.05, 0.1) is 0 Å². The molecule has 5 nitrogen and oxygen atoms in total. The highest BCUT2D eigenvalue weighted by Crippen LogP contribution is 2.24. The van der Waals surface area contributed by atoms with Gasteiger partial charge in [-0.2, -0.15) is 4.98 Å². The van der Waals surface area contributed by atoms with E-state index in [1.165, 1.54) is 5.69 Å². The van der Waals surface area contributed by atoms with Crippen molar-refractivity contribution in [1.29, 1.82) is 0 Å². The highest BCUT2D eigenvalue weighted by Gasteiger charge is 2.04. The van der Waals surface area contributed by atoms with Crippen LogP contribution in [0.3, 0.4) is 0 Å². The molecule has 140 valence electrons. The van der Waals surface area contributed by atoms with E-state index in [0.29, 0.717) is 11.8 Å². The molecule has 0 fully saturated rings. The van der Waals surface area contributed by atoms with Gasteiger partial charge in [0.1, 0.15) is 5.82 Å². The monoisotopic (exact) mass is 381 g/mol. The number of nitrogens with zero attached hydrogens (tertiary/aromatic N) is 3. The lowest BCUT2D eigenvalue weighted by atomic mass is 10.2. The highest BCUT2D eigenvalue weighted by atomic mass is 35.5. The van der Waals surface area contributed by atoms with Gasteiger partial charge in [-0.25, -0.2) is 4.98 Å². The second-order valence-electron chi connectivity index (χ2n) is 6.20. The van der Waals surface area contributed by atoms with Crippen LogP contribution in [0.5, 0.6) is 0 Å². The van der Waals surface area contributed by atoms with Crippen LogP contribution < -0.4 is 15.5 Å². The van der Waals surface area contributed by atoms with Crippen molar-refractivity contribution in [2.75, 3.05) is 28.6 Å². The number of aromatic nitrogens is 2. The largest absolute Gasteiger partial charge is 0.372 e. The molecule has 0 amide bonds. The molecule has 0 aliphatic carbocycles. The molecule has 1 aromatic heterocycles. The van der Waals surface area contributed by atoms with Crippen molar-refractivity contribution < 1.29 is 0 Å². The van der Waals surface area contributed by atoms with Gasteiger partial charge in [-0.15, -0.1) is 0 Å². The number of hydrogen-bond acceptors (Lipinski definition) is 5. The van der Waals surface area contributed by atoms with Crippen molar-refractivity contribution in [3.8, 4) is 0 Å². The van der Waals surface area contributed by atoms with Crippen molar-refractivity contribution in [2.24, 2.45) is 0 Å². The average Bonchev–Trinajstić information content (AvgIpc) is 2.67. The van der Waals surface area contributed by atoms with Gasteiger partial charge in [0.25, 0.3) is 0 Å². The molecule has 0 saturated heterocycles. The minimum atomic E-state index is 0.536. The van der Waals surface area contributed by atoms with Crippen molar-refractivity contribution in [3.05, 3.63) is 65.3 Å². The van der Waals surface area contributed by atoms with E-state index >= 15 is 0 Å². The minimum Gasteiger partial charge on any atom is -0.372 e. The number of nitrogens with one attached hydrogen (secondary N) is 2. The fourth-order valence-electron chi connectivity index (χ4n) is 2.78. The minimum absolute atomic E-state index is 0.536. The number of hydrogen-bond donors (Lipinski definition) is 2. The summed E-state index contributed by atoms with van der Waals surface area (Å²) in [5.41, 5.74) is 4.08. The van der Waals surface area contributed by atoms with Crippen LogP contribution in [-0.2, 0) is 0 Å². The summed E-state index contributed by atoms with van der Waals surface area (Å²) in [4.78, 5) is 11.1. The molecule has 0 aliphatic rings. The summed E-state index contributed by atoms with van der Waals surface area (Å²) in [5, 5.41) is 7.22. The van der Waals surface area contributed by atoms with Crippen LogP contribution in [-0.4, -0.2) is 23.1 Å². The number of benzene rings is 2. The van der Waals surface area contributed by atoms with E-state index in [9.17, 15) is 0 Å². The Hall–Kier alpha value is -2.79. The van der Waals surface area contributed by atoms with E-state index in [1.54, 1.807) is 6.20 Å². The first-order valence-electron chi connectivity index (χ1n) is 9.07. The maximum Gasteiger partial charge on any atom is 0.229 e. The molecule has 0 aliphatic heterocycles. The van der Waals surface area contributed by atoms with E-state index in [2.05, 4.69) is 51.5 Å². The maximum atomic E-state index is 6.19. The van der Waals surface area contributed by atoms with Crippen LogP contribution in [0, 0.1) is 6.92 Å². The standard InChI is InChI=1S/C21H24ClN5/c1-4-27(5-2)18-10-8-16(9-11-18)25-21-23-13-12-20(26-21)24-17-7-6-15(3)19(22)14-17/h6-14H,4-5H2,1-3H3,(H2,23,24,25,26). The van der Waals surface area contributed by atoms with Crippen molar-refractivity contribution in [3.63, 3.8) is 0 Å². The van der Waals surface area contributed by atoms with Gasteiger partial charge in [-0.05, 0) is 68.8 Å². The normalized spacial score (nSPS) is 10.5. The first kappa shape index (κ1) is 19.0. The van der Waals surface area contributed by atoms with Gasteiger partial charge < -0.3 is 15.5 Å².